The van der Waals surface area contributed by atoms with E-state index < -0.39 is 16.0 Å². The van der Waals surface area contributed by atoms with Crippen LogP contribution in [-0.2, 0) is 14.8 Å². The van der Waals surface area contributed by atoms with Gasteiger partial charge in [0.05, 0.1) is 7.11 Å². The number of hydrogen-bond acceptors (Lipinski definition) is 6. The Balaban J connectivity index is 0.00000192. The molecule has 1 aromatic rings. The van der Waals surface area contributed by atoms with Gasteiger partial charge >= 0.3 is 5.97 Å². The Labute approximate surface area is 141 Å². The second kappa shape index (κ2) is 6.80. The number of carbonyl (C=O) groups is 1. The minimum absolute atomic E-state index is 0. The first-order valence-electron chi connectivity index (χ1n) is 7.36. The summed E-state index contributed by atoms with van der Waals surface area (Å²) in [6.07, 6.45) is 2.88. The van der Waals surface area contributed by atoms with Crippen LogP contribution in [0.25, 0.3) is 0 Å². The van der Waals surface area contributed by atoms with Gasteiger partial charge < -0.3 is 14.5 Å². The third-order valence-corrected chi connectivity index (χ3v) is 6.10. The number of methoxy groups -OCH3 is 1. The van der Waals surface area contributed by atoms with Crippen molar-refractivity contribution >= 4 is 28.4 Å². The summed E-state index contributed by atoms with van der Waals surface area (Å²) < 4.78 is 36.9. The monoisotopic (exact) mass is 364 g/mol. The summed E-state index contributed by atoms with van der Waals surface area (Å²) in [6, 6.07) is 1.85. The summed E-state index contributed by atoms with van der Waals surface area (Å²) in [4.78, 5) is 11.6. The predicted octanol–water partition coefficient (Wildman–Crippen LogP) is 1.31. The Morgan fingerprint density at radius 2 is 2.04 bits per heavy atom. The van der Waals surface area contributed by atoms with Crippen molar-refractivity contribution < 1.29 is 22.4 Å². The maximum atomic E-state index is 12.7. The molecule has 130 valence electrons. The van der Waals surface area contributed by atoms with Crippen LogP contribution in [0.3, 0.4) is 0 Å². The van der Waals surface area contributed by atoms with E-state index in [1.165, 1.54) is 17.5 Å². The summed E-state index contributed by atoms with van der Waals surface area (Å²) in [5.74, 6) is -0.348. The zero-order valence-corrected chi connectivity index (χ0v) is 14.7. The van der Waals surface area contributed by atoms with Crippen LogP contribution in [0, 0.1) is 6.92 Å². The normalized spacial score (nSPS) is 24.8. The van der Waals surface area contributed by atoms with Gasteiger partial charge in [-0.2, -0.15) is 4.31 Å². The van der Waals surface area contributed by atoms with Crippen LogP contribution in [0.2, 0.25) is 0 Å². The number of aryl methyl sites for hydroxylation is 1. The van der Waals surface area contributed by atoms with Gasteiger partial charge in [0.1, 0.15) is 11.3 Å². The summed E-state index contributed by atoms with van der Waals surface area (Å²) in [5.41, 5.74) is 0.149. The minimum atomic E-state index is -3.73. The standard InChI is InChI=1S/C14H20N2O5S.ClH/c1-9-12(14(17)20-2)7-13(21-9)22(18,19)16-6-5-10-3-4-11(8-16)15-10;/h7,10-11,15H,3-6,8H2,1-2H3;1H. The molecule has 2 unspecified atom stereocenters. The molecular formula is C14H21ClN2O5S. The number of fused-ring (bicyclic) bond motifs is 2. The molecule has 0 aromatic carbocycles. The molecule has 3 heterocycles. The first kappa shape index (κ1) is 18.3. The van der Waals surface area contributed by atoms with Crippen molar-refractivity contribution in [3.8, 4) is 0 Å². The smallest absolute Gasteiger partial charge is 0.341 e. The van der Waals surface area contributed by atoms with Crippen LogP contribution in [0.1, 0.15) is 35.4 Å². The number of furan rings is 1. The van der Waals surface area contributed by atoms with E-state index in [-0.39, 0.29) is 34.9 Å². The zero-order valence-electron chi connectivity index (χ0n) is 13.1. The Hall–Kier alpha value is -1.09. The highest BCUT2D eigenvalue weighted by atomic mass is 35.5. The molecule has 7 nitrogen and oxygen atoms in total. The lowest BCUT2D eigenvalue weighted by Crippen LogP contribution is -2.38. The van der Waals surface area contributed by atoms with Crippen molar-refractivity contribution in [2.75, 3.05) is 20.2 Å². The lowest BCUT2D eigenvalue weighted by atomic mass is 10.1. The van der Waals surface area contributed by atoms with E-state index in [1.807, 2.05) is 0 Å². The van der Waals surface area contributed by atoms with E-state index in [0.717, 1.165) is 19.3 Å². The summed E-state index contributed by atoms with van der Waals surface area (Å²) in [7, 11) is -2.48. The molecule has 23 heavy (non-hydrogen) atoms. The fraction of sp³-hybridized carbons (Fsp3) is 0.643. The van der Waals surface area contributed by atoms with Crippen LogP contribution in [0.15, 0.2) is 15.6 Å². The topological polar surface area (TPSA) is 88.9 Å². The van der Waals surface area contributed by atoms with Crippen molar-refractivity contribution in [1.29, 1.82) is 0 Å². The molecule has 1 aromatic heterocycles. The van der Waals surface area contributed by atoms with Gasteiger partial charge in [0.25, 0.3) is 10.0 Å². The molecule has 1 N–H and O–H groups in total. The molecule has 0 saturated carbocycles. The van der Waals surface area contributed by atoms with Crippen molar-refractivity contribution in [3.63, 3.8) is 0 Å². The van der Waals surface area contributed by atoms with Crippen molar-refractivity contribution in [3.05, 3.63) is 17.4 Å². The molecule has 0 spiro atoms. The van der Waals surface area contributed by atoms with E-state index in [4.69, 9.17) is 4.42 Å². The van der Waals surface area contributed by atoms with Crippen LogP contribution in [0.4, 0.5) is 0 Å². The molecule has 0 aliphatic carbocycles. The highest BCUT2D eigenvalue weighted by Crippen LogP contribution is 2.27. The number of nitrogens with zero attached hydrogens (tertiary/aromatic N) is 1. The Morgan fingerprint density at radius 3 is 2.74 bits per heavy atom. The maximum Gasteiger partial charge on any atom is 0.341 e. The third kappa shape index (κ3) is 3.40. The average Bonchev–Trinajstić information content (AvgIpc) is 3.01. The molecule has 2 saturated heterocycles. The fourth-order valence-corrected chi connectivity index (χ4v) is 4.62. The first-order valence-corrected chi connectivity index (χ1v) is 8.80. The Morgan fingerprint density at radius 1 is 1.35 bits per heavy atom. The molecule has 2 atom stereocenters. The lowest BCUT2D eigenvalue weighted by molar-refractivity contribution is 0.0599. The van der Waals surface area contributed by atoms with Crippen molar-refractivity contribution in [2.24, 2.45) is 0 Å². The minimum Gasteiger partial charge on any atom is -0.465 e. The SMILES string of the molecule is COC(=O)c1cc(S(=O)(=O)N2CCC3CCC(C2)N3)oc1C.Cl. The molecule has 0 amide bonds. The second-order valence-electron chi connectivity index (χ2n) is 5.82. The maximum absolute atomic E-state index is 12.7. The Kier molecular flexibility index (Phi) is 5.40. The lowest BCUT2D eigenvalue weighted by Gasteiger charge is -2.22. The molecule has 3 rings (SSSR count). The molecule has 2 fully saturated rings. The third-order valence-electron chi connectivity index (χ3n) is 4.38. The largest absolute Gasteiger partial charge is 0.465 e. The summed E-state index contributed by atoms with van der Waals surface area (Å²) >= 11 is 0. The van der Waals surface area contributed by atoms with Crippen LogP contribution in [-0.4, -0.2) is 51.0 Å². The van der Waals surface area contributed by atoms with E-state index in [0.29, 0.717) is 19.1 Å². The number of nitrogens with one attached hydrogen (secondary N) is 1. The number of esters is 1. The Bertz CT molecular complexity index is 687. The fourth-order valence-electron chi connectivity index (χ4n) is 3.15. The molecule has 2 aliphatic rings. The molecule has 2 aliphatic heterocycles. The van der Waals surface area contributed by atoms with Crippen molar-refractivity contribution in [2.45, 2.75) is 43.4 Å². The van der Waals surface area contributed by atoms with Gasteiger partial charge in [0, 0.05) is 31.2 Å². The molecule has 0 radical (unpaired) electrons. The van der Waals surface area contributed by atoms with Crippen LogP contribution >= 0.6 is 12.4 Å². The number of carbonyl (C=O) groups excluding carboxylic acids is 1. The van der Waals surface area contributed by atoms with E-state index in [2.05, 4.69) is 10.1 Å². The van der Waals surface area contributed by atoms with E-state index in [9.17, 15) is 13.2 Å². The number of rotatable bonds is 3. The zero-order chi connectivity index (χ0) is 15.9. The second-order valence-corrected chi connectivity index (χ2v) is 7.69. The van der Waals surface area contributed by atoms with Gasteiger partial charge in [-0.25, -0.2) is 13.2 Å². The van der Waals surface area contributed by atoms with E-state index in [1.54, 1.807) is 6.92 Å². The highest BCUT2D eigenvalue weighted by Gasteiger charge is 2.37. The van der Waals surface area contributed by atoms with E-state index >= 15 is 0 Å². The van der Waals surface area contributed by atoms with Gasteiger partial charge in [-0.05, 0) is 26.2 Å². The van der Waals surface area contributed by atoms with Gasteiger partial charge in [-0.3, -0.25) is 0 Å². The molecule has 9 heteroatoms. The van der Waals surface area contributed by atoms with Crippen molar-refractivity contribution in [1.82, 2.24) is 9.62 Å². The number of halogens is 1. The predicted molar refractivity (Wildman–Crippen MR) is 85.4 cm³/mol. The van der Waals surface area contributed by atoms with Gasteiger partial charge in [0.2, 0.25) is 5.09 Å². The highest BCUT2D eigenvalue weighted by molar-refractivity contribution is 7.89. The van der Waals surface area contributed by atoms with Gasteiger partial charge in [-0.15, -0.1) is 12.4 Å². The molecular weight excluding hydrogens is 344 g/mol. The van der Waals surface area contributed by atoms with Gasteiger partial charge in [-0.1, -0.05) is 0 Å². The number of ether oxygens (including phenoxy) is 1. The average molecular weight is 365 g/mol. The molecule has 2 bridgehead atoms. The van der Waals surface area contributed by atoms with Crippen LogP contribution < -0.4 is 5.32 Å². The van der Waals surface area contributed by atoms with Crippen LogP contribution in [0.5, 0.6) is 0 Å². The quantitative estimate of drug-likeness (QED) is 0.813. The summed E-state index contributed by atoms with van der Waals surface area (Å²) in [5, 5.41) is 3.25. The first-order chi connectivity index (χ1) is 10.4. The number of hydrogen-bond donors (Lipinski definition) is 1. The number of sulfonamides is 1. The summed E-state index contributed by atoms with van der Waals surface area (Å²) in [6.45, 7) is 2.45. The van der Waals surface area contributed by atoms with Gasteiger partial charge in [0.15, 0.2) is 0 Å².